The fourth-order valence-electron chi connectivity index (χ4n) is 2.32. The van der Waals surface area contributed by atoms with Gasteiger partial charge in [0.1, 0.15) is 11.4 Å². The van der Waals surface area contributed by atoms with Gasteiger partial charge in [0.15, 0.2) is 0 Å². The highest BCUT2D eigenvalue weighted by Gasteiger charge is 2.24. The van der Waals surface area contributed by atoms with E-state index in [-0.39, 0.29) is 6.09 Å². The van der Waals surface area contributed by atoms with Crippen LogP contribution >= 0.6 is 0 Å². The van der Waals surface area contributed by atoms with E-state index in [0.29, 0.717) is 25.2 Å². The molecule has 6 heteroatoms. The van der Waals surface area contributed by atoms with Crippen LogP contribution in [0.15, 0.2) is 18.3 Å². The molecular weight excluding hydrogens is 280 g/mol. The molecule has 2 heterocycles. The molecule has 1 aromatic rings. The van der Waals surface area contributed by atoms with E-state index in [9.17, 15) is 4.79 Å². The fourth-order valence-corrected chi connectivity index (χ4v) is 2.32. The number of aromatic nitrogens is 1. The van der Waals surface area contributed by atoms with Gasteiger partial charge in [0, 0.05) is 32.4 Å². The number of ether oxygens (including phenoxy) is 1. The molecular formula is C16H22N4O2. The third-order valence-electron chi connectivity index (χ3n) is 3.35. The van der Waals surface area contributed by atoms with Gasteiger partial charge in [-0.3, -0.25) is 0 Å². The van der Waals surface area contributed by atoms with Gasteiger partial charge in [-0.05, 0) is 39.3 Å². The Balaban J connectivity index is 2.00. The molecule has 0 aromatic carbocycles. The summed E-state index contributed by atoms with van der Waals surface area (Å²) >= 11 is 0. The predicted octanol–water partition coefficient (Wildman–Crippen LogP) is 2.40. The minimum atomic E-state index is -0.480. The summed E-state index contributed by atoms with van der Waals surface area (Å²) in [5.41, 5.74) is 0.115. The summed E-state index contributed by atoms with van der Waals surface area (Å²) in [5, 5.41) is 8.97. The molecule has 1 aromatic heterocycles. The van der Waals surface area contributed by atoms with E-state index in [2.05, 4.69) is 16.0 Å². The minimum absolute atomic E-state index is 0.270. The molecule has 22 heavy (non-hydrogen) atoms. The second-order valence-electron chi connectivity index (χ2n) is 6.32. The summed E-state index contributed by atoms with van der Waals surface area (Å²) in [6, 6.07) is 5.59. The fraction of sp³-hybridized carbons (Fsp3) is 0.562. The monoisotopic (exact) mass is 302 g/mol. The molecule has 2 rings (SSSR count). The van der Waals surface area contributed by atoms with Gasteiger partial charge in [0.25, 0.3) is 0 Å². The first-order chi connectivity index (χ1) is 10.4. The molecule has 0 spiro atoms. The largest absolute Gasteiger partial charge is 0.444 e. The van der Waals surface area contributed by atoms with Crippen molar-refractivity contribution in [1.29, 1.82) is 5.26 Å². The third kappa shape index (κ3) is 4.35. The summed E-state index contributed by atoms with van der Waals surface area (Å²) in [6.07, 6.45) is 2.22. The highest BCUT2D eigenvalue weighted by molar-refractivity contribution is 5.68. The average Bonchev–Trinajstić information content (AvgIpc) is 2.71. The van der Waals surface area contributed by atoms with Gasteiger partial charge >= 0.3 is 6.09 Å². The van der Waals surface area contributed by atoms with Crippen LogP contribution in [0.3, 0.4) is 0 Å². The highest BCUT2D eigenvalue weighted by atomic mass is 16.6. The van der Waals surface area contributed by atoms with E-state index in [1.807, 2.05) is 20.8 Å². The van der Waals surface area contributed by atoms with E-state index in [0.717, 1.165) is 18.8 Å². The van der Waals surface area contributed by atoms with Crippen LogP contribution in [0.4, 0.5) is 10.6 Å². The van der Waals surface area contributed by atoms with Crippen LogP contribution in [-0.4, -0.2) is 47.8 Å². The van der Waals surface area contributed by atoms with Crippen molar-refractivity contribution in [2.45, 2.75) is 32.8 Å². The van der Waals surface area contributed by atoms with E-state index in [1.165, 1.54) is 0 Å². The molecule has 118 valence electrons. The second-order valence-corrected chi connectivity index (χ2v) is 6.32. The molecule has 1 aliphatic heterocycles. The maximum atomic E-state index is 12.1. The summed E-state index contributed by atoms with van der Waals surface area (Å²) in [6.45, 7) is 8.35. The molecule has 0 N–H and O–H groups in total. The first-order valence-corrected chi connectivity index (χ1v) is 7.48. The van der Waals surface area contributed by atoms with Crippen molar-refractivity contribution in [3.05, 3.63) is 23.9 Å². The molecule has 1 saturated heterocycles. The number of amides is 1. The number of pyridine rings is 1. The molecule has 1 fully saturated rings. The quantitative estimate of drug-likeness (QED) is 0.796. The zero-order valence-electron chi connectivity index (χ0n) is 13.4. The lowest BCUT2D eigenvalue weighted by Crippen LogP contribution is -2.39. The Hall–Kier alpha value is -2.29. The third-order valence-corrected chi connectivity index (χ3v) is 3.35. The standard InChI is InChI=1S/C16H22N4O2/c1-16(2,3)22-15(21)20-8-4-7-19(9-10-20)14-11-13(12-17)5-6-18-14/h5-6,11H,4,7-10H2,1-3H3. The second kappa shape index (κ2) is 6.65. The van der Waals surface area contributed by atoms with E-state index >= 15 is 0 Å². The summed E-state index contributed by atoms with van der Waals surface area (Å²) in [7, 11) is 0. The number of anilines is 1. The Kier molecular flexibility index (Phi) is 4.86. The van der Waals surface area contributed by atoms with E-state index < -0.39 is 5.60 Å². The first kappa shape index (κ1) is 16.1. The Bertz CT molecular complexity index is 574. The number of hydrogen-bond acceptors (Lipinski definition) is 5. The summed E-state index contributed by atoms with van der Waals surface area (Å²) in [4.78, 5) is 20.3. The molecule has 0 saturated carbocycles. The number of nitrogens with zero attached hydrogens (tertiary/aromatic N) is 4. The van der Waals surface area contributed by atoms with Gasteiger partial charge in [-0.2, -0.15) is 5.26 Å². The normalized spacial score (nSPS) is 15.9. The lowest BCUT2D eigenvalue weighted by molar-refractivity contribution is 0.0263. The van der Waals surface area contributed by atoms with Crippen molar-refractivity contribution >= 4 is 11.9 Å². The summed E-state index contributed by atoms with van der Waals surface area (Å²) in [5.74, 6) is 0.782. The van der Waals surface area contributed by atoms with Crippen LogP contribution < -0.4 is 4.90 Å². The maximum absolute atomic E-state index is 12.1. The van der Waals surface area contributed by atoms with Crippen molar-refractivity contribution in [3.8, 4) is 6.07 Å². The first-order valence-electron chi connectivity index (χ1n) is 7.48. The topological polar surface area (TPSA) is 69.5 Å². The Labute approximate surface area is 131 Å². The van der Waals surface area contributed by atoms with Crippen LogP contribution in [0.2, 0.25) is 0 Å². The molecule has 0 aliphatic carbocycles. The van der Waals surface area contributed by atoms with Crippen molar-refractivity contribution < 1.29 is 9.53 Å². The van der Waals surface area contributed by atoms with Gasteiger partial charge in [0.2, 0.25) is 0 Å². The molecule has 6 nitrogen and oxygen atoms in total. The van der Waals surface area contributed by atoms with Crippen LogP contribution in [-0.2, 0) is 4.74 Å². The van der Waals surface area contributed by atoms with Crippen LogP contribution in [0, 0.1) is 11.3 Å². The number of rotatable bonds is 1. The molecule has 1 amide bonds. The lowest BCUT2D eigenvalue weighted by atomic mass is 10.2. The zero-order chi connectivity index (χ0) is 16.2. The van der Waals surface area contributed by atoms with Gasteiger partial charge in [0.05, 0.1) is 11.6 Å². The molecule has 0 bridgehead atoms. The van der Waals surface area contributed by atoms with Crippen LogP contribution in [0.5, 0.6) is 0 Å². The molecule has 0 atom stereocenters. The van der Waals surface area contributed by atoms with Crippen molar-refractivity contribution in [2.75, 3.05) is 31.1 Å². The zero-order valence-corrected chi connectivity index (χ0v) is 13.4. The number of nitriles is 1. The highest BCUT2D eigenvalue weighted by Crippen LogP contribution is 2.16. The van der Waals surface area contributed by atoms with Crippen LogP contribution in [0.1, 0.15) is 32.8 Å². The molecule has 1 aliphatic rings. The van der Waals surface area contributed by atoms with Crippen molar-refractivity contribution in [1.82, 2.24) is 9.88 Å². The van der Waals surface area contributed by atoms with Gasteiger partial charge in [-0.25, -0.2) is 9.78 Å². The Morgan fingerprint density at radius 1 is 1.32 bits per heavy atom. The minimum Gasteiger partial charge on any atom is -0.444 e. The number of carbonyl (C=O) groups excluding carboxylic acids is 1. The Morgan fingerprint density at radius 2 is 2.09 bits per heavy atom. The Morgan fingerprint density at radius 3 is 2.77 bits per heavy atom. The van der Waals surface area contributed by atoms with Crippen LogP contribution in [0.25, 0.3) is 0 Å². The predicted molar refractivity (Wildman–Crippen MR) is 83.6 cm³/mol. The smallest absolute Gasteiger partial charge is 0.410 e. The van der Waals surface area contributed by atoms with Crippen molar-refractivity contribution in [3.63, 3.8) is 0 Å². The number of carbonyl (C=O) groups is 1. The lowest BCUT2D eigenvalue weighted by Gasteiger charge is -2.26. The van der Waals surface area contributed by atoms with Gasteiger partial charge < -0.3 is 14.5 Å². The molecule has 0 unspecified atom stereocenters. The van der Waals surface area contributed by atoms with E-state index in [4.69, 9.17) is 10.00 Å². The number of hydrogen-bond donors (Lipinski definition) is 0. The SMILES string of the molecule is CC(C)(C)OC(=O)N1CCCN(c2cc(C#N)ccn2)CC1. The van der Waals surface area contributed by atoms with E-state index in [1.54, 1.807) is 23.2 Å². The maximum Gasteiger partial charge on any atom is 0.410 e. The molecule has 0 radical (unpaired) electrons. The average molecular weight is 302 g/mol. The summed E-state index contributed by atoms with van der Waals surface area (Å²) < 4.78 is 5.42. The van der Waals surface area contributed by atoms with Gasteiger partial charge in [-0.15, -0.1) is 0 Å². The van der Waals surface area contributed by atoms with Crippen molar-refractivity contribution in [2.24, 2.45) is 0 Å². The van der Waals surface area contributed by atoms with Gasteiger partial charge in [-0.1, -0.05) is 0 Å².